The van der Waals surface area contributed by atoms with Gasteiger partial charge in [0.2, 0.25) is 5.91 Å². The van der Waals surface area contributed by atoms with Crippen molar-refractivity contribution in [2.45, 2.75) is 91.8 Å². The number of unbranched alkanes of at least 4 members (excludes halogenated alkanes) is 1. The van der Waals surface area contributed by atoms with Gasteiger partial charge in [0, 0.05) is 17.7 Å². The van der Waals surface area contributed by atoms with Crippen LogP contribution in [-0.4, -0.2) is 47.2 Å². The lowest BCUT2D eigenvalue weighted by Crippen LogP contribution is -2.53. The highest BCUT2D eigenvalue weighted by molar-refractivity contribution is 6.06. The van der Waals surface area contributed by atoms with Crippen LogP contribution < -0.4 is 16.4 Å². The number of carbonyl (C=O) groups excluding carboxylic acids is 3. The highest BCUT2D eigenvalue weighted by Crippen LogP contribution is 2.34. The van der Waals surface area contributed by atoms with Gasteiger partial charge in [-0.3, -0.25) is 14.4 Å². The first-order valence-corrected chi connectivity index (χ1v) is 11.5. The Morgan fingerprint density at radius 3 is 2.24 bits per heavy atom. The van der Waals surface area contributed by atoms with Crippen LogP contribution in [0.15, 0.2) is 12.1 Å². The van der Waals surface area contributed by atoms with Crippen LogP contribution in [-0.2, 0) is 20.8 Å². The fourth-order valence-electron chi connectivity index (χ4n) is 3.81. The third kappa shape index (κ3) is 7.20. The summed E-state index contributed by atoms with van der Waals surface area (Å²) in [6, 6.07) is 0.895. The minimum atomic E-state index is -1.03. The standard InChI is InChI=1S/C25H39N3O5/c1-7-8-9-17-10-12-19(15(2)22(17)23(32)18(27)11-13-21(30)31)28(24(33)16(3)26)20(14-29)25(4,5)6/h10,12,14,16,18,20H,7-9,11,13,26-27H2,1-6H3,(H,30,31)/t16-,18-,20+/m0/s1. The second-order valence-corrected chi connectivity index (χ2v) is 9.69. The van der Waals surface area contributed by atoms with Gasteiger partial charge in [0.25, 0.3) is 0 Å². The van der Waals surface area contributed by atoms with Crippen LogP contribution >= 0.6 is 0 Å². The maximum Gasteiger partial charge on any atom is 0.303 e. The lowest BCUT2D eigenvalue weighted by molar-refractivity contribution is -0.137. The second-order valence-electron chi connectivity index (χ2n) is 9.69. The summed E-state index contributed by atoms with van der Waals surface area (Å²) in [4.78, 5) is 51.0. The Kier molecular flexibility index (Phi) is 10.4. The molecule has 0 heterocycles. The first-order valence-electron chi connectivity index (χ1n) is 11.5. The molecule has 0 saturated carbocycles. The number of aliphatic carboxylic acids is 1. The number of amides is 1. The number of aryl methyl sites for hydroxylation is 1. The zero-order valence-electron chi connectivity index (χ0n) is 20.7. The molecule has 33 heavy (non-hydrogen) atoms. The topological polar surface area (TPSA) is 144 Å². The first kappa shape index (κ1) is 28.5. The van der Waals surface area contributed by atoms with Crippen molar-refractivity contribution in [1.82, 2.24) is 0 Å². The predicted molar refractivity (Wildman–Crippen MR) is 129 cm³/mol. The molecule has 8 heteroatoms. The summed E-state index contributed by atoms with van der Waals surface area (Å²) in [6.07, 6.45) is 2.93. The molecule has 1 amide bonds. The van der Waals surface area contributed by atoms with Gasteiger partial charge in [-0.15, -0.1) is 0 Å². The van der Waals surface area contributed by atoms with Gasteiger partial charge < -0.3 is 26.3 Å². The summed E-state index contributed by atoms with van der Waals surface area (Å²) in [5, 5.41) is 8.98. The van der Waals surface area contributed by atoms with Crippen molar-refractivity contribution in [2.75, 3.05) is 4.90 Å². The Hall–Kier alpha value is -2.58. The second kappa shape index (κ2) is 12.0. The van der Waals surface area contributed by atoms with Crippen molar-refractivity contribution in [3.8, 4) is 0 Å². The van der Waals surface area contributed by atoms with Crippen molar-refractivity contribution in [3.63, 3.8) is 0 Å². The van der Waals surface area contributed by atoms with Gasteiger partial charge in [0.15, 0.2) is 5.78 Å². The number of Topliss-reactive ketones (excluding diaryl/α,β-unsaturated/α-hetero) is 1. The van der Waals surface area contributed by atoms with Crippen LogP contribution in [0, 0.1) is 12.3 Å². The first-order chi connectivity index (χ1) is 15.3. The van der Waals surface area contributed by atoms with Crippen LogP contribution in [0.25, 0.3) is 0 Å². The van der Waals surface area contributed by atoms with E-state index in [-0.39, 0.29) is 18.6 Å². The van der Waals surface area contributed by atoms with E-state index in [1.54, 1.807) is 26.0 Å². The van der Waals surface area contributed by atoms with Gasteiger partial charge in [-0.05, 0) is 55.7 Å². The third-order valence-electron chi connectivity index (χ3n) is 5.76. The fraction of sp³-hybridized carbons (Fsp3) is 0.600. The van der Waals surface area contributed by atoms with E-state index in [2.05, 4.69) is 0 Å². The largest absolute Gasteiger partial charge is 0.481 e. The summed E-state index contributed by atoms with van der Waals surface area (Å²) in [6.45, 7) is 10.9. The fourth-order valence-corrected chi connectivity index (χ4v) is 3.81. The zero-order valence-corrected chi connectivity index (χ0v) is 20.7. The Bertz CT molecular complexity index is 874. The number of aldehydes is 1. The average Bonchev–Trinajstić information content (AvgIpc) is 2.72. The summed E-state index contributed by atoms with van der Waals surface area (Å²) in [5.41, 5.74) is 13.6. The van der Waals surface area contributed by atoms with E-state index in [1.807, 2.05) is 27.7 Å². The van der Waals surface area contributed by atoms with Crippen molar-refractivity contribution in [2.24, 2.45) is 16.9 Å². The van der Waals surface area contributed by atoms with Gasteiger partial charge in [0.1, 0.15) is 6.29 Å². The molecule has 8 nitrogen and oxygen atoms in total. The van der Waals surface area contributed by atoms with E-state index in [4.69, 9.17) is 16.6 Å². The molecule has 0 fully saturated rings. The molecular weight excluding hydrogens is 422 g/mol. The number of anilines is 1. The molecule has 0 aliphatic carbocycles. The minimum absolute atomic E-state index is 0.00643. The summed E-state index contributed by atoms with van der Waals surface area (Å²) >= 11 is 0. The molecule has 0 aromatic heterocycles. The van der Waals surface area contributed by atoms with E-state index in [9.17, 15) is 19.2 Å². The monoisotopic (exact) mass is 461 g/mol. The molecular formula is C25H39N3O5. The highest BCUT2D eigenvalue weighted by Gasteiger charge is 2.37. The normalized spacial score (nSPS) is 14.3. The number of carboxylic acids is 1. The zero-order chi connectivity index (χ0) is 25.5. The van der Waals surface area contributed by atoms with Crippen molar-refractivity contribution in [1.29, 1.82) is 0 Å². The summed E-state index contributed by atoms with van der Waals surface area (Å²) in [7, 11) is 0. The molecule has 0 bridgehead atoms. The average molecular weight is 462 g/mol. The molecule has 0 aliphatic rings. The molecule has 1 aromatic rings. The molecule has 1 rings (SSSR count). The number of carboxylic acid groups (broad SMARTS) is 1. The number of nitrogens with zero attached hydrogens (tertiary/aromatic N) is 1. The van der Waals surface area contributed by atoms with E-state index in [0.29, 0.717) is 23.2 Å². The van der Waals surface area contributed by atoms with Crippen LogP contribution in [0.1, 0.15) is 81.8 Å². The molecule has 5 N–H and O–H groups in total. The Balaban J connectivity index is 3.73. The van der Waals surface area contributed by atoms with Crippen molar-refractivity contribution in [3.05, 3.63) is 28.8 Å². The van der Waals surface area contributed by atoms with Crippen molar-refractivity contribution < 1.29 is 24.3 Å². The summed E-state index contributed by atoms with van der Waals surface area (Å²) < 4.78 is 0. The number of rotatable bonds is 12. The van der Waals surface area contributed by atoms with E-state index in [0.717, 1.165) is 24.7 Å². The van der Waals surface area contributed by atoms with Gasteiger partial charge in [-0.1, -0.05) is 40.2 Å². The molecule has 3 atom stereocenters. The van der Waals surface area contributed by atoms with Gasteiger partial charge in [-0.2, -0.15) is 0 Å². The predicted octanol–water partition coefficient (Wildman–Crippen LogP) is 3.01. The van der Waals surface area contributed by atoms with E-state index >= 15 is 0 Å². The van der Waals surface area contributed by atoms with Crippen LogP contribution in [0.4, 0.5) is 5.69 Å². The molecule has 0 saturated heterocycles. The third-order valence-corrected chi connectivity index (χ3v) is 5.76. The number of hydrogen-bond acceptors (Lipinski definition) is 6. The number of carbonyl (C=O) groups is 4. The van der Waals surface area contributed by atoms with Gasteiger partial charge in [-0.25, -0.2) is 0 Å². The van der Waals surface area contributed by atoms with Crippen LogP contribution in [0.5, 0.6) is 0 Å². The van der Waals surface area contributed by atoms with Gasteiger partial charge >= 0.3 is 5.97 Å². The SMILES string of the molecule is CCCCc1ccc(N(C(=O)[C@H](C)N)[C@H](C=O)C(C)(C)C)c(C)c1C(=O)[C@@H](N)CCC(=O)O. The maximum atomic E-state index is 13.4. The quantitative estimate of drug-likeness (QED) is 0.320. The van der Waals surface area contributed by atoms with E-state index < -0.39 is 35.4 Å². The van der Waals surface area contributed by atoms with Crippen molar-refractivity contribution >= 4 is 29.6 Å². The maximum absolute atomic E-state index is 13.4. The molecule has 0 aliphatic heterocycles. The Morgan fingerprint density at radius 1 is 1.18 bits per heavy atom. The lowest BCUT2D eigenvalue weighted by atomic mass is 9.84. The van der Waals surface area contributed by atoms with Gasteiger partial charge in [0.05, 0.1) is 18.1 Å². The Morgan fingerprint density at radius 2 is 1.79 bits per heavy atom. The molecule has 0 radical (unpaired) electrons. The number of hydrogen-bond donors (Lipinski definition) is 3. The van der Waals surface area contributed by atoms with E-state index in [1.165, 1.54) is 4.90 Å². The van der Waals surface area contributed by atoms with Crippen LogP contribution in [0.3, 0.4) is 0 Å². The van der Waals surface area contributed by atoms with Crippen LogP contribution in [0.2, 0.25) is 0 Å². The number of benzene rings is 1. The number of ketones is 1. The Labute approximate surface area is 196 Å². The molecule has 0 unspecified atom stereocenters. The smallest absolute Gasteiger partial charge is 0.303 e. The molecule has 1 aromatic carbocycles. The number of nitrogens with two attached hydrogens (primary N) is 2. The molecule has 0 spiro atoms. The highest BCUT2D eigenvalue weighted by atomic mass is 16.4. The molecule has 184 valence electrons. The summed E-state index contributed by atoms with van der Waals surface area (Å²) in [5.74, 6) is -1.82. The minimum Gasteiger partial charge on any atom is -0.481 e. The lowest BCUT2D eigenvalue weighted by Gasteiger charge is -2.38.